The van der Waals surface area contributed by atoms with Crippen LogP contribution in [-0.4, -0.2) is 36.3 Å². The summed E-state index contributed by atoms with van der Waals surface area (Å²) in [5, 5.41) is 3.11. The topological polar surface area (TPSA) is 75.7 Å². The van der Waals surface area contributed by atoms with Gasteiger partial charge in [0.05, 0.1) is 24.6 Å². The molecule has 1 aromatic carbocycles. The molecule has 1 N–H and O–H groups in total. The molecule has 4 rings (SSSR count). The van der Waals surface area contributed by atoms with Crippen molar-refractivity contribution in [1.29, 1.82) is 0 Å². The number of likely N-dealkylation sites (tertiary alicyclic amines) is 1. The van der Waals surface area contributed by atoms with E-state index in [1.807, 2.05) is 12.2 Å². The molecule has 0 radical (unpaired) electrons. The summed E-state index contributed by atoms with van der Waals surface area (Å²) in [5.41, 5.74) is 0.404. The van der Waals surface area contributed by atoms with Crippen LogP contribution in [0, 0.1) is 23.7 Å². The highest BCUT2D eigenvalue weighted by Crippen LogP contribution is 2.52. The molecule has 2 fully saturated rings. The van der Waals surface area contributed by atoms with Crippen LogP contribution in [0.4, 0.5) is 5.69 Å². The fourth-order valence-electron chi connectivity index (χ4n) is 4.23. The molecule has 1 saturated carbocycles. The van der Waals surface area contributed by atoms with E-state index in [1.54, 1.807) is 18.2 Å². The lowest BCUT2D eigenvalue weighted by molar-refractivity contribution is -0.143. The van der Waals surface area contributed by atoms with Crippen LogP contribution in [0.5, 0.6) is 5.75 Å². The average Bonchev–Trinajstić information content (AvgIpc) is 3.25. The number of carbonyl (C=O) groups is 3. The lowest BCUT2D eigenvalue weighted by Crippen LogP contribution is -2.39. The first kappa shape index (κ1) is 16.1. The van der Waals surface area contributed by atoms with Crippen molar-refractivity contribution in [3.63, 3.8) is 0 Å². The Morgan fingerprint density at radius 2 is 1.88 bits per heavy atom. The number of nitrogens with one attached hydrogen (secondary N) is 1. The van der Waals surface area contributed by atoms with Crippen molar-refractivity contribution in [3.05, 3.63) is 35.4 Å². The van der Waals surface area contributed by atoms with Gasteiger partial charge in [-0.15, -0.1) is 0 Å². The van der Waals surface area contributed by atoms with Crippen LogP contribution in [-0.2, 0) is 14.4 Å². The van der Waals surface area contributed by atoms with E-state index < -0.39 is 5.91 Å². The Kier molecular flexibility index (Phi) is 3.80. The predicted molar refractivity (Wildman–Crippen MR) is 91.1 cm³/mol. The van der Waals surface area contributed by atoms with Gasteiger partial charge in [-0.1, -0.05) is 23.8 Å². The largest absolute Gasteiger partial charge is 0.495 e. The third-order valence-electron chi connectivity index (χ3n) is 5.30. The maximum atomic E-state index is 12.6. The molecule has 3 aliphatic rings. The van der Waals surface area contributed by atoms with E-state index in [0.717, 1.165) is 11.3 Å². The van der Waals surface area contributed by atoms with Crippen molar-refractivity contribution in [1.82, 2.24) is 4.90 Å². The Hall–Kier alpha value is -2.34. The number of allylic oxidation sites excluding steroid dienone is 2. The third kappa shape index (κ3) is 2.52. The molecule has 0 aromatic heterocycles. The molecule has 0 unspecified atom stereocenters. The van der Waals surface area contributed by atoms with Crippen LogP contribution in [0.2, 0.25) is 5.02 Å². The van der Waals surface area contributed by atoms with Gasteiger partial charge >= 0.3 is 0 Å². The maximum absolute atomic E-state index is 12.6. The molecule has 2 bridgehead atoms. The first-order valence-corrected chi connectivity index (χ1v) is 8.54. The van der Waals surface area contributed by atoms with Crippen molar-refractivity contribution < 1.29 is 19.1 Å². The number of halogens is 1. The SMILES string of the molecule is COc1ccc(Cl)cc1NC(=O)CN1C(=O)[C@@H]2[C@H](C1=O)[C@H]1C=C[C@H]2C1. The van der Waals surface area contributed by atoms with Gasteiger partial charge in [0.25, 0.3) is 0 Å². The molecule has 1 aromatic rings. The number of fused-ring (bicyclic) bond motifs is 5. The standard InChI is InChI=1S/C18H17ClN2O4/c1-25-13-5-4-11(19)7-12(13)20-14(22)8-21-17(23)15-9-2-3-10(6-9)16(15)18(21)24/h2-5,7,9-10,15-16H,6,8H2,1H3,(H,20,22)/t9-,10-,15-,16+/m0/s1. The molecule has 4 atom stereocenters. The predicted octanol–water partition coefficient (Wildman–Crippen LogP) is 2.09. The van der Waals surface area contributed by atoms with E-state index in [1.165, 1.54) is 7.11 Å². The molecule has 7 heteroatoms. The molecule has 1 heterocycles. The molecule has 25 heavy (non-hydrogen) atoms. The molecule has 0 spiro atoms. The van der Waals surface area contributed by atoms with Crippen LogP contribution in [0.3, 0.4) is 0 Å². The Morgan fingerprint density at radius 1 is 1.24 bits per heavy atom. The summed E-state index contributed by atoms with van der Waals surface area (Å²) < 4.78 is 5.18. The van der Waals surface area contributed by atoms with E-state index in [2.05, 4.69) is 5.32 Å². The first-order valence-electron chi connectivity index (χ1n) is 8.16. The molecule has 1 saturated heterocycles. The Labute approximate surface area is 149 Å². The van der Waals surface area contributed by atoms with Crippen molar-refractivity contribution in [2.24, 2.45) is 23.7 Å². The summed E-state index contributed by atoms with van der Waals surface area (Å²) in [6, 6.07) is 4.84. The zero-order valence-electron chi connectivity index (χ0n) is 13.6. The average molecular weight is 361 g/mol. The van der Waals surface area contributed by atoms with Gasteiger partial charge in [0, 0.05) is 5.02 Å². The highest BCUT2D eigenvalue weighted by atomic mass is 35.5. The van der Waals surface area contributed by atoms with Crippen molar-refractivity contribution in [2.75, 3.05) is 19.0 Å². The zero-order chi connectivity index (χ0) is 17.7. The molecule has 1 aliphatic heterocycles. The smallest absolute Gasteiger partial charge is 0.244 e. The number of rotatable bonds is 4. The lowest BCUT2D eigenvalue weighted by Gasteiger charge is -2.17. The Morgan fingerprint density at radius 3 is 2.48 bits per heavy atom. The minimum absolute atomic E-state index is 0.132. The second-order valence-electron chi connectivity index (χ2n) is 6.66. The summed E-state index contributed by atoms with van der Waals surface area (Å²) in [4.78, 5) is 38.7. The number of anilines is 1. The van der Waals surface area contributed by atoms with Gasteiger partial charge in [0.1, 0.15) is 12.3 Å². The quantitative estimate of drug-likeness (QED) is 0.659. The minimum atomic E-state index is -0.456. The number of ether oxygens (including phenoxy) is 1. The summed E-state index contributed by atoms with van der Waals surface area (Å²) in [6.45, 7) is -0.292. The number of carbonyl (C=O) groups excluding carboxylic acids is 3. The number of amides is 3. The molecular weight excluding hydrogens is 344 g/mol. The highest BCUT2D eigenvalue weighted by Gasteiger charge is 2.59. The lowest BCUT2D eigenvalue weighted by atomic mass is 9.85. The first-order chi connectivity index (χ1) is 12.0. The normalized spacial score (nSPS) is 29.3. The maximum Gasteiger partial charge on any atom is 0.244 e. The van der Waals surface area contributed by atoms with Crippen LogP contribution < -0.4 is 10.1 Å². The van der Waals surface area contributed by atoms with Crippen molar-refractivity contribution in [2.45, 2.75) is 6.42 Å². The van der Waals surface area contributed by atoms with Crippen LogP contribution in [0.1, 0.15) is 6.42 Å². The number of benzene rings is 1. The third-order valence-corrected chi connectivity index (χ3v) is 5.53. The number of hydrogen-bond acceptors (Lipinski definition) is 4. The fraction of sp³-hybridized carbons (Fsp3) is 0.389. The number of nitrogens with zero attached hydrogens (tertiary/aromatic N) is 1. The van der Waals surface area contributed by atoms with Gasteiger partial charge < -0.3 is 10.1 Å². The van der Waals surface area contributed by atoms with Gasteiger partial charge in [-0.25, -0.2) is 0 Å². The monoisotopic (exact) mass is 360 g/mol. The van der Waals surface area contributed by atoms with Crippen molar-refractivity contribution in [3.8, 4) is 5.75 Å². The van der Waals surface area contributed by atoms with Crippen LogP contribution >= 0.6 is 11.6 Å². The number of hydrogen-bond donors (Lipinski definition) is 1. The summed E-state index contributed by atoms with van der Waals surface area (Å²) in [6.07, 6.45) is 4.92. The Bertz CT molecular complexity index is 776. The summed E-state index contributed by atoms with van der Waals surface area (Å²) in [7, 11) is 1.48. The van der Waals surface area contributed by atoms with Crippen molar-refractivity contribution >= 4 is 35.0 Å². The zero-order valence-corrected chi connectivity index (χ0v) is 14.3. The highest BCUT2D eigenvalue weighted by molar-refractivity contribution is 6.31. The van der Waals surface area contributed by atoms with Crippen LogP contribution in [0.15, 0.2) is 30.4 Å². The van der Waals surface area contributed by atoms with Gasteiger partial charge in [-0.3, -0.25) is 19.3 Å². The summed E-state index contributed by atoms with van der Waals surface area (Å²) >= 11 is 5.95. The minimum Gasteiger partial charge on any atom is -0.495 e. The number of imide groups is 1. The summed E-state index contributed by atoms with van der Waals surface area (Å²) in [5.74, 6) is -0.800. The van der Waals surface area contributed by atoms with E-state index in [0.29, 0.717) is 16.5 Å². The van der Waals surface area contributed by atoms with Gasteiger partial charge in [-0.05, 0) is 36.5 Å². The van der Waals surface area contributed by atoms with Gasteiger partial charge in [0.15, 0.2) is 0 Å². The molecule has 2 aliphatic carbocycles. The van der Waals surface area contributed by atoms with Gasteiger partial charge in [0.2, 0.25) is 17.7 Å². The fourth-order valence-corrected chi connectivity index (χ4v) is 4.40. The van der Waals surface area contributed by atoms with Crippen LogP contribution in [0.25, 0.3) is 0 Å². The van der Waals surface area contributed by atoms with E-state index in [9.17, 15) is 14.4 Å². The molecule has 130 valence electrons. The second-order valence-corrected chi connectivity index (χ2v) is 7.09. The molecular formula is C18H17ClN2O4. The molecule has 6 nitrogen and oxygen atoms in total. The van der Waals surface area contributed by atoms with E-state index >= 15 is 0 Å². The van der Waals surface area contributed by atoms with Gasteiger partial charge in [-0.2, -0.15) is 0 Å². The van der Waals surface area contributed by atoms with E-state index in [-0.39, 0.29) is 42.0 Å². The molecule has 3 amide bonds. The second kappa shape index (κ2) is 5.88. The van der Waals surface area contributed by atoms with E-state index in [4.69, 9.17) is 16.3 Å². The Balaban J connectivity index is 1.48. The number of methoxy groups -OCH3 is 1.